The van der Waals surface area contributed by atoms with Crippen LogP contribution in [0.15, 0.2) is 42.5 Å². The Morgan fingerprint density at radius 3 is 2.57 bits per heavy atom. The highest BCUT2D eigenvalue weighted by Crippen LogP contribution is 2.56. The van der Waals surface area contributed by atoms with E-state index >= 15 is 0 Å². The molecule has 1 saturated carbocycles. The van der Waals surface area contributed by atoms with Gasteiger partial charge in [-0.25, -0.2) is 4.39 Å². The van der Waals surface area contributed by atoms with Gasteiger partial charge in [0, 0.05) is 27.7 Å². The molecule has 146 valence electrons. The Balaban J connectivity index is 1.92. The van der Waals surface area contributed by atoms with Gasteiger partial charge in [-0.05, 0) is 61.6 Å². The van der Waals surface area contributed by atoms with Crippen LogP contribution in [0, 0.1) is 11.7 Å². The summed E-state index contributed by atoms with van der Waals surface area (Å²) in [7, 11) is 0. The Morgan fingerprint density at radius 1 is 1.14 bits per heavy atom. The highest BCUT2D eigenvalue weighted by Gasteiger charge is 2.51. The van der Waals surface area contributed by atoms with Gasteiger partial charge in [0.05, 0.1) is 17.7 Å². The summed E-state index contributed by atoms with van der Waals surface area (Å²) in [6.07, 6.45) is 3.05. The molecular formula is C24H26FNO2. The van der Waals surface area contributed by atoms with Gasteiger partial charge in [0.1, 0.15) is 11.6 Å². The Hall–Kier alpha value is -2.33. The van der Waals surface area contributed by atoms with Crippen LogP contribution in [-0.4, -0.2) is 16.3 Å². The van der Waals surface area contributed by atoms with Gasteiger partial charge in [-0.15, -0.1) is 0 Å². The van der Waals surface area contributed by atoms with Crippen LogP contribution in [0.2, 0.25) is 0 Å². The monoisotopic (exact) mass is 379 g/mol. The molecule has 1 aliphatic heterocycles. The average molecular weight is 379 g/mol. The van der Waals surface area contributed by atoms with Gasteiger partial charge in [-0.3, -0.25) is 0 Å². The van der Waals surface area contributed by atoms with Gasteiger partial charge in [0.15, 0.2) is 0 Å². The van der Waals surface area contributed by atoms with E-state index in [-0.39, 0.29) is 22.6 Å². The zero-order valence-electron chi connectivity index (χ0n) is 16.6. The van der Waals surface area contributed by atoms with Crippen LogP contribution in [0.1, 0.15) is 51.3 Å². The maximum Gasteiger partial charge on any atom is 0.125 e. The molecule has 0 radical (unpaired) electrons. The van der Waals surface area contributed by atoms with Crippen LogP contribution in [0.5, 0.6) is 5.75 Å². The Labute approximate surface area is 164 Å². The van der Waals surface area contributed by atoms with Gasteiger partial charge in [-0.1, -0.05) is 26.8 Å². The van der Waals surface area contributed by atoms with Crippen LogP contribution in [0.4, 0.5) is 4.39 Å². The van der Waals surface area contributed by atoms with Crippen LogP contribution < -0.4 is 0 Å². The van der Waals surface area contributed by atoms with E-state index < -0.39 is 0 Å². The van der Waals surface area contributed by atoms with E-state index in [1.807, 2.05) is 24.3 Å². The fourth-order valence-electron chi connectivity index (χ4n) is 5.33. The summed E-state index contributed by atoms with van der Waals surface area (Å²) in [5, 5.41) is 11.8. The predicted octanol–water partition coefficient (Wildman–Crippen LogP) is 5.80. The highest BCUT2D eigenvalue weighted by atomic mass is 19.1. The number of aromatic hydroxyl groups is 1. The molecule has 2 atom stereocenters. The molecule has 3 nitrogen and oxygen atoms in total. The number of hydrogen-bond donors (Lipinski definition) is 1. The molecule has 1 fully saturated rings. The quantitative estimate of drug-likeness (QED) is 0.580. The normalized spacial score (nSPS) is 26.1. The van der Waals surface area contributed by atoms with E-state index in [4.69, 9.17) is 4.74 Å². The molecule has 2 aliphatic rings. The van der Waals surface area contributed by atoms with Crippen molar-refractivity contribution in [1.82, 2.24) is 4.57 Å². The lowest BCUT2D eigenvalue weighted by Gasteiger charge is -2.43. The van der Waals surface area contributed by atoms with E-state index in [9.17, 15) is 9.50 Å². The van der Waals surface area contributed by atoms with E-state index in [2.05, 4.69) is 25.3 Å². The third-order valence-corrected chi connectivity index (χ3v) is 6.58. The summed E-state index contributed by atoms with van der Waals surface area (Å²) in [6, 6.07) is 12.3. The molecule has 5 rings (SSSR count). The molecule has 0 amide bonds. The van der Waals surface area contributed by atoms with Crippen molar-refractivity contribution in [3.8, 4) is 11.4 Å². The number of benzene rings is 2. The molecule has 0 bridgehead atoms. The number of phenols is 1. The third-order valence-electron chi connectivity index (χ3n) is 6.58. The van der Waals surface area contributed by atoms with Gasteiger partial charge >= 0.3 is 0 Å². The molecule has 2 aromatic carbocycles. The lowest BCUT2D eigenvalue weighted by atomic mass is 9.76. The van der Waals surface area contributed by atoms with E-state index in [0.717, 1.165) is 41.4 Å². The van der Waals surface area contributed by atoms with E-state index in [1.54, 1.807) is 6.07 Å². The standard InChI is InChI=1S/C24H26FNO2/c1-15-11-12-24(13-15)21-20-18(5-4-6-19(20)27)26(17-9-7-16(25)8-10-17)22(21)23(2,3)14-28-24/h4-10,15,27H,11-14H2,1-3H3/t15?,24-/m1/s1. The number of rotatable bonds is 1. The highest BCUT2D eigenvalue weighted by molar-refractivity contribution is 5.94. The first-order valence-corrected chi connectivity index (χ1v) is 10.1. The molecule has 0 saturated heterocycles. The molecular weight excluding hydrogens is 353 g/mol. The summed E-state index contributed by atoms with van der Waals surface area (Å²) in [4.78, 5) is 0. The van der Waals surface area contributed by atoms with Crippen molar-refractivity contribution >= 4 is 10.9 Å². The smallest absolute Gasteiger partial charge is 0.125 e. The van der Waals surface area contributed by atoms with Crippen molar-refractivity contribution < 1.29 is 14.2 Å². The number of halogens is 1. The molecule has 1 spiro atoms. The van der Waals surface area contributed by atoms with Crippen molar-refractivity contribution in [2.24, 2.45) is 5.92 Å². The van der Waals surface area contributed by atoms with E-state index in [1.165, 1.54) is 17.8 Å². The zero-order chi connectivity index (χ0) is 19.7. The summed E-state index contributed by atoms with van der Waals surface area (Å²) in [5.74, 6) is 0.625. The lowest BCUT2D eigenvalue weighted by molar-refractivity contribution is -0.0819. The second kappa shape index (κ2) is 5.84. The van der Waals surface area contributed by atoms with Gasteiger partial charge in [0.2, 0.25) is 0 Å². The second-order valence-corrected chi connectivity index (χ2v) is 9.22. The molecule has 4 heteroatoms. The summed E-state index contributed by atoms with van der Waals surface area (Å²) in [6.45, 7) is 7.28. The number of nitrogens with zero attached hydrogens (tertiary/aromatic N) is 1. The number of aromatic nitrogens is 1. The molecule has 3 aromatic rings. The summed E-state index contributed by atoms with van der Waals surface area (Å²) in [5.41, 5.74) is 3.59. The minimum absolute atomic E-state index is 0.230. The number of ether oxygens (including phenoxy) is 1. The first-order valence-electron chi connectivity index (χ1n) is 10.1. The Bertz CT molecular complexity index is 1070. The lowest BCUT2D eigenvalue weighted by Crippen LogP contribution is -2.42. The number of fused-ring (bicyclic) bond motifs is 4. The summed E-state index contributed by atoms with van der Waals surface area (Å²) < 4.78 is 22.4. The van der Waals surface area contributed by atoms with Crippen molar-refractivity contribution in [1.29, 1.82) is 0 Å². The average Bonchev–Trinajstić information content (AvgIpc) is 3.21. The van der Waals surface area contributed by atoms with Crippen molar-refractivity contribution in [2.75, 3.05) is 6.61 Å². The van der Waals surface area contributed by atoms with Gasteiger partial charge in [-0.2, -0.15) is 0 Å². The minimum Gasteiger partial charge on any atom is -0.507 e. The van der Waals surface area contributed by atoms with Crippen molar-refractivity contribution in [3.05, 3.63) is 59.5 Å². The van der Waals surface area contributed by atoms with E-state index in [0.29, 0.717) is 12.5 Å². The van der Waals surface area contributed by atoms with Gasteiger partial charge < -0.3 is 14.4 Å². The SMILES string of the molecule is CC1CC[C@]2(C1)OCC(C)(C)c1c2c2c(O)cccc2n1-c1ccc(F)cc1. The number of phenolic OH excluding ortho intramolecular Hbond substituents is 1. The van der Waals surface area contributed by atoms with Crippen LogP contribution >= 0.6 is 0 Å². The minimum atomic E-state index is -0.355. The van der Waals surface area contributed by atoms with Gasteiger partial charge in [0.25, 0.3) is 0 Å². The molecule has 2 heterocycles. The maximum absolute atomic E-state index is 13.6. The van der Waals surface area contributed by atoms with Crippen molar-refractivity contribution in [2.45, 2.75) is 51.0 Å². The number of hydrogen-bond acceptors (Lipinski definition) is 2. The maximum atomic E-state index is 13.6. The van der Waals surface area contributed by atoms with Crippen molar-refractivity contribution in [3.63, 3.8) is 0 Å². The van der Waals surface area contributed by atoms with Crippen LogP contribution in [-0.2, 0) is 15.8 Å². The predicted molar refractivity (Wildman–Crippen MR) is 109 cm³/mol. The molecule has 1 unspecified atom stereocenters. The first-order chi connectivity index (χ1) is 13.3. The molecule has 28 heavy (non-hydrogen) atoms. The molecule has 1 aliphatic carbocycles. The molecule has 1 N–H and O–H groups in total. The third kappa shape index (κ3) is 2.37. The van der Waals surface area contributed by atoms with Crippen LogP contribution in [0.25, 0.3) is 16.6 Å². The fourth-order valence-corrected chi connectivity index (χ4v) is 5.33. The first kappa shape index (κ1) is 17.7. The molecule has 1 aromatic heterocycles. The second-order valence-electron chi connectivity index (χ2n) is 9.22. The zero-order valence-corrected chi connectivity index (χ0v) is 16.6. The Morgan fingerprint density at radius 2 is 1.89 bits per heavy atom. The Kier molecular flexibility index (Phi) is 3.70. The fraction of sp³-hybridized carbons (Fsp3) is 0.417. The summed E-state index contributed by atoms with van der Waals surface area (Å²) >= 11 is 0. The largest absolute Gasteiger partial charge is 0.507 e. The van der Waals surface area contributed by atoms with Crippen LogP contribution in [0.3, 0.4) is 0 Å². The topological polar surface area (TPSA) is 34.4 Å².